The minimum absolute atomic E-state index is 0.0743. The average Bonchev–Trinajstić information content (AvgIpc) is 2.96. The van der Waals surface area contributed by atoms with Crippen LogP contribution in [0, 0.1) is 12.7 Å². The van der Waals surface area contributed by atoms with Gasteiger partial charge in [0.25, 0.3) is 0 Å². The zero-order valence-electron chi connectivity index (χ0n) is 11.4. The standard InChI is InChI=1S/C16H16ClFN2/c1-11-13(18)14(17)20-15(19-11)16(9-5-6-10-16)12-7-3-2-4-8-12/h2-4,7-8H,5-6,9-10H2,1H3. The van der Waals surface area contributed by atoms with Crippen molar-refractivity contribution >= 4 is 11.6 Å². The van der Waals surface area contributed by atoms with E-state index in [-0.39, 0.29) is 10.6 Å². The molecule has 0 aliphatic heterocycles. The van der Waals surface area contributed by atoms with E-state index in [4.69, 9.17) is 11.6 Å². The van der Waals surface area contributed by atoms with Crippen molar-refractivity contribution in [3.05, 3.63) is 58.4 Å². The molecule has 0 atom stereocenters. The highest BCUT2D eigenvalue weighted by atomic mass is 35.5. The fraction of sp³-hybridized carbons (Fsp3) is 0.375. The van der Waals surface area contributed by atoms with E-state index in [1.54, 1.807) is 6.92 Å². The number of aromatic nitrogens is 2. The van der Waals surface area contributed by atoms with Gasteiger partial charge < -0.3 is 0 Å². The van der Waals surface area contributed by atoms with Crippen LogP contribution in [0.5, 0.6) is 0 Å². The predicted octanol–water partition coefficient (Wildman–Crippen LogP) is 4.44. The van der Waals surface area contributed by atoms with Gasteiger partial charge in [-0.1, -0.05) is 54.8 Å². The first-order valence-electron chi connectivity index (χ1n) is 6.89. The van der Waals surface area contributed by atoms with E-state index in [1.807, 2.05) is 18.2 Å². The molecule has 1 aromatic carbocycles. The molecule has 1 aromatic heterocycles. The molecule has 0 amide bonds. The van der Waals surface area contributed by atoms with Gasteiger partial charge in [-0.05, 0) is 25.3 Å². The van der Waals surface area contributed by atoms with Crippen LogP contribution in [-0.2, 0) is 5.41 Å². The van der Waals surface area contributed by atoms with Crippen LogP contribution in [0.2, 0.25) is 5.15 Å². The van der Waals surface area contributed by atoms with Crippen LogP contribution >= 0.6 is 11.6 Å². The molecule has 104 valence electrons. The SMILES string of the molecule is Cc1nc(C2(c3ccccc3)CCCC2)nc(Cl)c1F. The maximum Gasteiger partial charge on any atom is 0.181 e. The molecule has 0 unspecified atom stereocenters. The Morgan fingerprint density at radius 2 is 1.75 bits per heavy atom. The smallest absolute Gasteiger partial charge is 0.181 e. The van der Waals surface area contributed by atoms with Gasteiger partial charge in [0.15, 0.2) is 11.0 Å². The molecule has 0 N–H and O–H groups in total. The third kappa shape index (κ3) is 2.10. The van der Waals surface area contributed by atoms with Crippen LogP contribution in [0.1, 0.15) is 42.8 Å². The molecule has 4 heteroatoms. The molecular formula is C16H16ClFN2. The largest absolute Gasteiger partial charge is 0.234 e. The lowest BCUT2D eigenvalue weighted by molar-refractivity contribution is 0.488. The Kier molecular flexibility index (Phi) is 3.47. The average molecular weight is 291 g/mol. The van der Waals surface area contributed by atoms with E-state index in [2.05, 4.69) is 22.1 Å². The van der Waals surface area contributed by atoms with Gasteiger partial charge in [-0.2, -0.15) is 0 Å². The highest BCUT2D eigenvalue weighted by Gasteiger charge is 2.40. The minimum atomic E-state index is -0.517. The van der Waals surface area contributed by atoms with Crippen molar-refractivity contribution in [2.75, 3.05) is 0 Å². The third-order valence-electron chi connectivity index (χ3n) is 4.19. The molecule has 2 aromatic rings. The molecule has 0 radical (unpaired) electrons. The zero-order chi connectivity index (χ0) is 14.2. The summed E-state index contributed by atoms with van der Waals surface area (Å²) in [7, 11) is 0. The van der Waals surface area contributed by atoms with Gasteiger partial charge in [-0.3, -0.25) is 0 Å². The Hall–Kier alpha value is -1.48. The summed E-state index contributed by atoms with van der Waals surface area (Å²) in [6.07, 6.45) is 4.23. The zero-order valence-corrected chi connectivity index (χ0v) is 12.1. The minimum Gasteiger partial charge on any atom is -0.234 e. The van der Waals surface area contributed by atoms with Crippen molar-refractivity contribution in [3.63, 3.8) is 0 Å². The van der Waals surface area contributed by atoms with Gasteiger partial charge in [0.1, 0.15) is 5.82 Å². The van der Waals surface area contributed by atoms with Crippen molar-refractivity contribution in [2.45, 2.75) is 38.0 Å². The normalized spacial score (nSPS) is 17.4. The maximum absolute atomic E-state index is 13.7. The van der Waals surface area contributed by atoms with E-state index in [0.717, 1.165) is 25.7 Å². The van der Waals surface area contributed by atoms with Crippen LogP contribution in [0.3, 0.4) is 0 Å². The second-order valence-corrected chi connectivity index (χ2v) is 5.75. The summed E-state index contributed by atoms with van der Waals surface area (Å²) in [6.45, 7) is 1.64. The van der Waals surface area contributed by atoms with Crippen LogP contribution in [-0.4, -0.2) is 9.97 Å². The van der Waals surface area contributed by atoms with Gasteiger partial charge in [-0.15, -0.1) is 0 Å². The number of benzene rings is 1. The number of hydrogen-bond acceptors (Lipinski definition) is 2. The summed E-state index contributed by atoms with van der Waals surface area (Å²) in [5, 5.41) is -0.0743. The lowest BCUT2D eigenvalue weighted by Crippen LogP contribution is -2.27. The van der Waals surface area contributed by atoms with Crippen LogP contribution in [0.25, 0.3) is 0 Å². The Bertz CT molecular complexity index is 599. The van der Waals surface area contributed by atoms with Crippen molar-refractivity contribution < 1.29 is 4.39 Å². The summed E-state index contributed by atoms with van der Waals surface area (Å²) in [4.78, 5) is 8.64. The number of hydrogen-bond donors (Lipinski definition) is 0. The molecule has 3 rings (SSSR count). The highest BCUT2D eigenvalue weighted by Crippen LogP contribution is 2.45. The third-order valence-corrected chi connectivity index (χ3v) is 4.44. The van der Waals surface area contributed by atoms with Crippen LogP contribution in [0.4, 0.5) is 4.39 Å². The molecule has 1 fully saturated rings. The summed E-state index contributed by atoms with van der Waals surface area (Å²) in [5.41, 5.74) is 1.30. The molecule has 0 spiro atoms. The quantitative estimate of drug-likeness (QED) is 0.764. The van der Waals surface area contributed by atoms with Crippen molar-refractivity contribution in [3.8, 4) is 0 Å². The fourth-order valence-corrected chi connectivity index (χ4v) is 3.33. The fourth-order valence-electron chi connectivity index (χ4n) is 3.12. The highest BCUT2D eigenvalue weighted by molar-refractivity contribution is 6.29. The van der Waals surface area contributed by atoms with Gasteiger partial charge in [0.2, 0.25) is 0 Å². The first kappa shape index (κ1) is 13.5. The maximum atomic E-state index is 13.7. The molecule has 2 nitrogen and oxygen atoms in total. The van der Waals surface area contributed by atoms with Crippen LogP contribution < -0.4 is 0 Å². The summed E-state index contributed by atoms with van der Waals surface area (Å²) >= 11 is 5.92. The van der Waals surface area contributed by atoms with E-state index in [0.29, 0.717) is 11.5 Å². The van der Waals surface area contributed by atoms with Crippen molar-refractivity contribution in [2.24, 2.45) is 0 Å². The van der Waals surface area contributed by atoms with E-state index in [1.165, 1.54) is 5.56 Å². The van der Waals surface area contributed by atoms with E-state index < -0.39 is 5.82 Å². The molecule has 1 aliphatic carbocycles. The summed E-state index contributed by atoms with van der Waals surface area (Å²) in [5.74, 6) is 0.140. The molecule has 0 bridgehead atoms. The number of rotatable bonds is 2. The second-order valence-electron chi connectivity index (χ2n) is 5.39. The molecule has 0 saturated heterocycles. The molecule has 1 saturated carbocycles. The Morgan fingerprint density at radius 3 is 2.35 bits per heavy atom. The lowest BCUT2D eigenvalue weighted by atomic mass is 9.78. The van der Waals surface area contributed by atoms with Gasteiger partial charge in [-0.25, -0.2) is 14.4 Å². The Labute approximate surface area is 123 Å². The lowest BCUT2D eigenvalue weighted by Gasteiger charge is -2.28. The van der Waals surface area contributed by atoms with Gasteiger partial charge in [0, 0.05) is 0 Å². The Morgan fingerprint density at radius 1 is 1.10 bits per heavy atom. The molecular weight excluding hydrogens is 275 g/mol. The molecule has 1 heterocycles. The predicted molar refractivity (Wildman–Crippen MR) is 77.4 cm³/mol. The second kappa shape index (κ2) is 5.13. The summed E-state index contributed by atoms with van der Waals surface area (Å²) < 4.78 is 13.7. The molecule has 20 heavy (non-hydrogen) atoms. The monoisotopic (exact) mass is 290 g/mol. The van der Waals surface area contributed by atoms with Crippen molar-refractivity contribution in [1.29, 1.82) is 0 Å². The number of nitrogens with zero attached hydrogens (tertiary/aromatic N) is 2. The first-order valence-corrected chi connectivity index (χ1v) is 7.27. The van der Waals surface area contributed by atoms with Gasteiger partial charge >= 0.3 is 0 Å². The molecule has 1 aliphatic rings. The topological polar surface area (TPSA) is 25.8 Å². The van der Waals surface area contributed by atoms with E-state index in [9.17, 15) is 4.39 Å². The van der Waals surface area contributed by atoms with Crippen LogP contribution in [0.15, 0.2) is 30.3 Å². The summed E-state index contributed by atoms with van der Waals surface area (Å²) in [6, 6.07) is 10.2. The Balaban J connectivity index is 2.17. The number of halogens is 2. The van der Waals surface area contributed by atoms with Gasteiger partial charge in [0.05, 0.1) is 11.1 Å². The number of aryl methyl sites for hydroxylation is 1. The first-order chi connectivity index (χ1) is 9.63. The van der Waals surface area contributed by atoms with E-state index >= 15 is 0 Å². The van der Waals surface area contributed by atoms with Crippen molar-refractivity contribution in [1.82, 2.24) is 9.97 Å².